The summed E-state index contributed by atoms with van der Waals surface area (Å²) in [5.74, 6) is 0. The quantitative estimate of drug-likeness (QED) is 0.744. The summed E-state index contributed by atoms with van der Waals surface area (Å²) in [6.45, 7) is 1.85. The van der Waals surface area contributed by atoms with Gasteiger partial charge < -0.3 is 5.32 Å². The molecule has 3 aromatic rings. The first-order valence-electron chi connectivity index (χ1n) is 6.77. The lowest BCUT2D eigenvalue weighted by atomic mass is 9.99. The van der Waals surface area contributed by atoms with E-state index in [4.69, 9.17) is 0 Å². The van der Waals surface area contributed by atoms with Crippen molar-refractivity contribution < 1.29 is 0 Å². The third-order valence-corrected chi connectivity index (χ3v) is 4.93. The monoisotopic (exact) mass is 282 g/mol. The molecule has 0 fully saturated rings. The van der Waals surface area contributed by atoms with E-state index in [9.17, 15) is 4.79 Å². The van der Waals surface area contributed by atoms with E-state index in [0.29, 0.717) is 0 Å². The van der Waals surface area contributed by atoms with Gasteiger partial charge in [0.25, 0.3) is 5.56 Å². The lowest BCUT2D eigenvalue weighted by Gasteiger charge is -2.19. The Morgan fingerprint density at radius 3 is 2.90 bits per heavy atom. The summed E-state index contributed by atoms with van der Waals surface area (Å²) in [6.07, 6.45) is 1.03. The smallest absolute Gasteiger partial charge is 0.273 e. The van der Waals surface area contributed by atoms with E-state index in [1.807, 2.05) is 34.3 Å². The minimum atomic E-state index is 0.0876. The predicted octanol–water partition coefficient (Wildman–Crippen LogP) is 2.70. The van der Waals surface area contributed by atoms with Crippen LogP contribution < -0.4 is 10.9 Å². The Morgan fingerprint density at radius 2 is 2.00 bits per heavy atom. The molecule has 4 rings (SSSR count). The van der Waals surface area contributed by atoms with Gasteiger partial charge in [-0.05, 0) is 42.3 Å². The Morgan fingerprint density at radius 1 is 1.10 bits per heavy atom. The maximum absolute atomic E-state index is 12.6. The van der Waals surface area contributed by atoms with Crippen LogP contribution in [-0.2, 0) is 13.0 Å². The summed E-state index contributed by atoms with van der Waals surface area (Å²) in [4.78, 5) is 12.6. The van der Waals surface area contributed by atoms with Crippen LogP contribution >= 0.6 is 11.5 Å². The van der Waals surface area contributed by atoms with E-state index in [-0.39, 0.29) is 5.56 Å². The predicted molar refractivity (Wildman–Crippen MR) is 82.8 cm³/mol. The van der Waals surface area contributed by atoms with Crippen LogP contribution in [0.15, 0.2) is 47.3 Å². The fourth-order valence-electron chi connectivity index (χ4n) is 2.82. The number of hydrogen-bond donors (Lipinski definition) is 1. The van der Waals surface area contributed by atoms with E-state index in [1.54, 1.807) is 0 Å². The van der Waals surface area contributed by atoms with Crippen LogP contribution in [0.2, 0.25) is 0 Å². The third kappa shape index (κ3) is 1.72. The molecule has 100 valence electrons. The molecule has 0 amide bonds. The number of nitrogens with one attached hydrogen (secondary N) is 1. The van der Waals surface area contributed by atoms with Crippen molar-refractivity contribution >= 4 is 21.6 Å². The molecule has 1 aliphatic heterocycles. The van der Waals surface area contributed by atoms with Crippen molar-refractivity contribution in [2.24, 2.45) is 0 Å². The van der Waals surface area contributed by atoms with Crippen molar-refractivity contribution in [3.63, 3.8) is 0 Å². The van der Waals surface area contributed by atoms with Gasteiger partial charge in [0.2, 0.25) is 0 Å². The Labute approximate surface area is 120 Å². The summed E-state index contributed by atoms with van der Waals surface area (Å²) >= 11 is 1.53. The average Bonchev–Trinajstić information content (AvgIpc) is 2.84. The first-order chi connectivity index (χ1) is 9.84. The number of hydrogen-bond acceptors (Lipinski definition) is 3. The highest BCUT2D eigenvalue weighted by molar-refractivity contribution is 7.14. The molecule has 0 saturated carbocycles. The molecule has 0 aliphatic carbocycles. The Balaban J connectivity index is 2.00. The van der Waals surface area contributed by atoms with E-state index in [2.05, 4.69) is 17.4 Å². The SMILES string of the molecule is O=c1c2ccccc2sn1-c1cccc2c1CNCC2. The third-order valence-electron chi connectivity index (χ3n) is 3.83. The molecule has 4 heteroatoms. The summed E-state index contributed by atoms with van der Waals surface area (Å²) in [5.41, 5.74) is 3.73. The zero-order valence-electron chi connectivity index (χ0n) is 10.9. The minimum Gasteiger partial charge on any atom is -0.312 e. The molecule has 1 aliphatic rings. The van der Waals surface area contributed by atoms with Crippen LogP contribution in [0.5, 0.6) is 0 Å². The lowest BCUT2D eigenvalue weighted by Crippen LogP contribution is -2.26. The first kappa shape index (κ1) is 11.9. The first-order valence-corrected chi connectivity index (χ1v) is 7.55. The van der Waals surface area contributed by atoms with Gasteiger partial charge in [0, 0.05) is 6.54 Å². The zero-order chi connectivity index (χ0) is 13.5. The molecule has 1 aromatic heterocycles. The standard InChI is InChI=1S/C16H14N2OS/c19-16-12-5-1-2-7-15(12)20-18(16)14-6-3-4-11-8-9-17-10-13(11)14/h1-7,17H,8-10H2. The molecule has 0 spiro atoms. The molecule has 0 bridgehead atoms. The van der Waals surface area contributed by atoms with Crippen molar-refractivity contribution in [2.45, 2.75) is 13.0 Å². The van der Waals surface area contributed by atoms with E-state index < -0.39 is 0 Å². The second-order valence-corrected chi connectivity index (χ2v) is 6.02. The van der Waals surface area contributed by atoms with Crippen LogP contribution in [0.3, 0.4) is 0 Å². The fraction of sp³-hybridized carbons (Fsp3) is 0.188. The Kier molecular flexibility index (Phi) is 2.72. The molecule has 3 nitrogen and oxygen atoms in total. The molecule has 0 unspecified atom stereocenters. The van der Waals surface area contributed by atoms with Crippen LogP contribution in [0.4, 0.5) is 0 Å². The van der Waals surface area contributed by atoms with Gasteiger partial charge in [0.05, 0.1) is 15.8 Å². The molecule has 0 radical (unpaired) electrons. The number of fused-ring (bicyclic) bond motifs is 2. The number of rotatable bonds is 1. The molecule has 0 atom stereocenters. The Bertz CT molecular complexity index is 847. The van der Waals surface area contributed by atoms with Gasteiger partial charge in [0.1, 0.15) is 0 Å². The van der Waals surface area contributed by atoms with Crippen molar-refractivity contribution in [1.82, 2.24) is 9.27 Å². The van der Waals surface area contributed by atoms with E-state index in [0.717, 1.165) is 35.3 Å². The van der Waals surface area contributed by atoms with Gasteiger partial charge >= 0.3 is 0 Å². The van der Waals surface area contributed by atoms with Crippen LogP contribution in [-0.4, -0.2) is 10.5 Å². The number of benzene rings is 2. The lowest BCUT2D eigenvalue weighted by molar-refractivity contribution is 0.641. The van der Waals surface area contributed by atoms with Crippen molar-refractivity contribution in [1.29, 1.82) is 0 Å². The molecule has 1 N–H and O–H groups in total. The van der Waals surface area contributed by atoms with Gasteiger partial charge in [-0.1, -0.05) is 35.8 Å². The van der Waals surface area contributed by atoms with Crippen LogP contribution in [0.25, 0.3) is 15.8 Å². The van der Waals surface area contributed by atoms with Crippen molar-refractivity contribution in [3.05, 3.63) is 63.9 Å². The molecule has 0 saturated heterocycles. The van der Waals surface area contributed by atoms with Crippen LogP contribution in [0, 0.1) is 0 Å². The van der Waals surface area contributed by atoms with Gasteiger partial charge in [0.15, 0.2) is 0 Å². The van der Waals surface area contributed by atoms with E-state index >= 15 is 0 Å². The molecular weight excluding hydrogens is 268 g/mol. The summed E-state index contributed by atoms with van der Waals surface area (Å²) in [6, 6.07) is 14.1. The van der Waals surface area contributed by atoms with Gasteiger partial charge in [-0.25, -0.2) is 3.96 Å². The minimum absolute atomic E-state index is 0.0876. The summed E-state index contributed by atoms with van der Waals surface area (Å²) in [5, 5.41) is 4.20. The number of aromatic nitrogens is 1. The fourth-order valence-corrected chi connectivity index (χ4v) is 3.86. The topological polar surface area (TPSA) is 34.0 Å². The zero-order valence-corrected chi connectivity index (χ0v) is 11.7. The summed E-state index contributed by atoms with van der Waals surface area (Å²) < 4.78 is 2.87. The molecule has 20 heavy (non-hydrogen) atoms. The molecular formula is C16H14N2OS. The number of nitrogens with zero attached hydrogens (tertiary/aromatic N) is 1. The largest absolute Gasteiger partial charge is 0.312 e. The maximum atomic E-state index is 12.6. The second kappa shape index (κ2) is 4.58. The second-order valence-electron chi connectivity index (χ2n) is 5.03. The van der Waals surface area contributed by atoms with Gasteiger partial charge in [-0.2, -0.15) is 0 Å². The van der Waals surface area contributed by atoms with E-state index in [1.165, 1.54) is 22.7 Å². The van der Waals surface area contributed by atoms with Crippen molar-refractivity contribution in [3.8, 4) is 5.69 Å². The highest BCUT2D eigenvalue weighted by Gasteiger charge is 2.16. The van der Waals surface area contributed by atoms with Gasteiger partial charge in [-0.15, -0.1) is 0 Å². The molecule has 2 heterocycles. The van der Waals surface area contributed by atoms with Crippen LogP contribution in [0.1, 0.15) is 11.1 Å². The Hall–Kier alpha value is -1.91. The molecule has 2 aromatic carbocycles. The normalized spacial score (nSPS) is 14.4. The average molecular weight is 282 g/mol. The highest BCUT2D eigenvalue weighted by atomic mass is 32.1. The summed E-state index contributed by atoms with van der Waals surface area (Å²) in [7, 11) is 0. The highest BCUT2D eigenvalue weighted by Crippen LogP contribution is 2.25. The van der Waals surface area contributed by atoms with Crippen molar-refractivity contribution in [2.75, 3.05) is 6.54 Å². The van der Waals surface area contributed by atoms with Gasteiger partial charge in [-0.3, -0.25) is 4.79 Å². The maximum Gasteiger partial charge on any atom is 0.273 e.